The normalized spacial score (nSPS) is 12.3. The van der Waals surface area contributed by atoms with Crippen LogP contribution < -0.4 is 10.6 Å². The Morgan fingerprint density at radius 3 is 2.32 bits per heavy atom. The highest BCUT2D eigenvalue weighted by molar-refractivity contribution is 5.98. The molecule has 1 atom stereocenters. The summed E-state index contributed by atoms with van der Waals surface area (Å²) < 4.78 is 37.6. The molecule has 2 amide bonds. The summed E-state index contributed by atoms with van der Waals surface area (Å²) in [6, 6.07) is 14.0. The Morgan fingerprint density at radius 1 is 1.04 bits per heavy atom. The van der Waals surface area contributed by atoms with Crippen LogP contribution in [0.5, 0.6) is 0 Å². The lowest BCUT2D eigenvalue weighted by atomic mass is 10.0. The van der Waals surface area contributed by atoms with Gasteiger partial charge < -0.3 is 10.6 Å². The molecular weight excluding hydrogens is 333 g/mol. The van der Waals surface area contributed by atoms with Crippen LogP contribution in [0, 0.1) is 6.92 Å². The van der Waals surface area contributed by atoms with Gasteiger partial charge in [0.25, 0.3) is 0 Å². The first-order valence-electron chi connectivity index (χ1n) is 7.55. The largest absolute Gasteiger partial charge is 0.471 e. The number of benzene rings is 2. The summed E-state index contributed by atoms with van der Waals surface area (Å²) >= 11 is 0. The Morgan fingerprint density at radius 2 is 1.72 bits per heavy atom. The summed E-state index contributed by atoms with van der Waals surface area (Å²) in [5.74, 6) is -2.86. The number of alkyl halides is 3. The molecule has 2 rings (SSSR count). The molecule has 0 aromatic heterocycles. The van der Waals surface area contributed by atoms with E-state index < -0.39 is 24.0 Å². The fourth-order valence-corrected chi connectivity index (χ4v) is 2.25. The minimum Gasteiger partial charge on any atom is -0.336 e. The van der Waals surface area contributed by atoms with E-state index in [0.29, 0.717) is 11.3 Å². The van der Waals surface area contributed by atoms with Gasteiger partial charge in [-0.05, 0) is 30.2 Å². The maximum Gasteiger partial charge on any atom is 0.471 e. The zero-order valence-corrected chi connectivity index (χ0v) is 13.4. The Kier molecular flexibility index (Phi) is 5.80. The van der Waals surface area contributed by atoms with E-state index in [1.54, 1.807) is 53.8 Å². The molecule has 0 bridgehead atoms. The number of anilines is 1. The lowest BCUT2D eigenvalue weighted by Gasteiger charge is -2.19. The molecule has 0 radical (unpaired) electrons. The van der Waals surface area contributed by atoms with Gasteiger partial charge in [-0.1, -0.05) is 42.5 Å². The molecule has 0 aliphatic heterocycles. The molecule has 0 heterocycles. The van der Waals surface area contributed by atoms with Crippen molar-refractivity contribution in [2.45, 2.75) is 25.6 Å². The van der Waals surface area contributed by atoms with E-state index in [9.17, 15) is 22.8 Å². The standard InChI is InChI=1S/C18H17F3N2O2/c1-12-6-5-9-14(10-12)22-16(24)15(23-17(25)18(19,20)21)11-13-7-3-2-4-8-13/h2-10,15H,11H2,1H3,(H,22,24)(H,23,25)/t15-/m1/s1. The second-order valence-corrected chi connectivity index (χ2v) is 5.57. The molecule has 132 valence electrons. The number of carbonyl (C=O) groups is 2. The van der Waals surface area contributed by atoms with Crippen LogP contribution in [0.1, 0.15) is 11.1 Å². The van der Waals surface area contributed by atoms with Crippen molar-refractivity contribution in [2.24, 2.45) is 0 Å². The number of amides is 2. The SMILES string of the molecule is Cc1cccc(NC(=O)[C@@H](Cc2ccccc2)NC(=O)C(F)(F)F)c1. The number of nitrogens with one attached hydrogen (secondary N) is 2. The van der Waals surface area contributed by atoms with E-state index in [0.717, 1.165) is 5.56 Å². The van der Waals surface area contributed by atoms with Gasteiger partial charge in [0.15, 0.2) is 0 Å². The van der Waals surface area contributed by atoms with E-state index in [1.807, 2.05) is 13.0 Å². The summed E-state index contributed by atoms with van der Waals surface area (Å²) in [5, 5.41) is 4.30. The van der Waals surface area contributed by atoms with Gasteiger partial charge in [-0.3, -0.25) is 9.59 Å². The highest BCUT2D eigenvalue weighted by atomic mass is 19.4. The molecule has 0 saturated carbocycles. The monoisotopic (exact) mass is 350 g/mol. The first-order valence-corrected chi connectivity index (χ1v) is 7.55. The first kappa shape index (κ1) is 18.5. The van der Waals surface area contributed by atoms with Crippen LogP contribution in [-0.4, -0.2) is 24.0 Å². The zero-order chi connectivity index (χ0) is 18.4. The second-order valence-electron chi connectivity index (χ2n) is 5.57. The molecule has 0 unspecified atom stereocenters. The maximum atomic E-state index is 12.5. The summed E-state index contributed by atoms with van der Waals surface area (Å²) in [5.41, 5.74) is 1.97. The molecule has 2 N–H and O–H groups in total. The molecule has 0 aliphatic carbocycles. The second kappa shape index (κ2) is 7.83. The van der Waals surface area contributed by atoms with Crippen LogP contribution in [0.4, 0.5) is 18.9 Å². The van der Waals surface area contributed by atoms with Crippen molar-refractivity contribution >= 4 is 17.5 Å². The molecule has 0 spiro atoms. The Labute approximate surface area is 143 Å². The van der Waals surface area contributed by atoms with Crippen LogP contribution >= 0.6 is 0 Å². The smallest absolute Gasteiger partial charge is 0.336 e. The Hall–Kier alpha value is -2.83. The number of carbonyl (C=O) groups excluding carboxylic acids is 2. The average Bonchev–Trinajstić information content (AvgIpc) is 2.54. The fourth-order valence-electron chi connectivity index (χ4n) is 2.25. The van der Waals surface area contributed by atoms with Gasteiger partial charge in [0.2, 0.25) is 5.91 Å². The summed E-state index contributed by atoms with van der Waals surface area (Å²) in [6.07, 6.45) is -5.11. The van der Waals surface area contributed by atoms with Crippen LogP contribution in [0.15, 0.2) is 54.6 Å². The molecule has 0 aliphatic rings. The summed E-state index contributed by atoms with van der Waals surface area (Å²) in [6.45, 7) is 1.82. The predicted octanol–water partition coefficient (Wildman–Crippen LogP) is 3.22. The third-order valence-corrected chi connectivity index (χ3v) is 3.45. The zero-order valence-electron chi connectivity index (χ0n) is 13.4. The summed E-state index contributed by atoms with van der Waals surface area (Å²) in [4.78, 5) is 23.7. The predicted molar refractivity (Wildman–Crippen MR) is 87.9 cm³/mol. The van der Waals surface area contributed by atoms with Gasteiger partial charge >= 0.3 is 12.1 Å². The minimum absolute atomic E-state index is 0.0552. The third-order valence-electron chi connectivity index (χ3n) is 3.45. The molecule has 0 saturated heterocycles. The van der Waals surface area contributed by atoms with Crippen molar-refractivity contribution in [3.05, 3.63) is 65.7 Å². The van der Waals surface area contributed by atoms with Crippen molar-refractivity contribution in [3.8, 4) is 0 Å². The molecular formula is C18H17F3N2O2. The number of halogens is 3. The van der Waals surface area contributed by atoms with Gasteiger partial charge in [-0.25, -0.2) is 0 Å². The van der Waals surface area contributed by atoms with Gasteiger partial charge in [-0.15, -0.1) is 0 Å². The van der Waals surface area contributed by atoms with Crippen molar-refractivity contribution < 1.29 is 22.8 Å². The number of hydrogen-bond donors (Lipinski definition) is 2. The molecule has 2 aromatic carbocycles. The van der Waals surface area contributed by atoms with Crippen LogP contribution in [0.25, 0.3) is 0 Å². The van der Waals surface area contributed by atoms with Gasteiger partial charge in [0.05, 0.1) is 0 Å². The molecule has 7 heteroatoms. The minimum atomic E-state index is -5.06. The molecule has 0 fully saturated rings. The highest BCUT2D eigenvalue weighted by Gasteiger charge is 2.40. The van der Waals surface area contributed by atoms with Gasteiger partial charge in [0.1, 0.15) is 6.04 Å². The van der Waals surface area contributed by atoms with Crippen LogP contribution in [0.3, 0.4) is 0 Å². The van der Waals surface area contributed by atoms with E-state index in [1.165, 1.54) is 0 Å². The van der Waals surface area contributed by atoms with E-state index in [2.05, 4.69) is 5.32 Å². The van der Waals surface area contributed by atoms with Crippen molar-refractivity contribution in [3.63, 3.8) is 0 Å². The van der Waals surface area contributed by atoms with E-state index >= 15 is 0 Å². The maximum absolute atomic E-state index is 12.5. The average molecular weight is 350 g/mol. The fraction of sp³-hybridized carbons (Fsp3) is 0.222. The molecule has 2 aromatic rings. The highest BCUT2D eigenvalue weighted by Crippen LogP contribution is 2.16. The van der Waals surface area contributed by atoms with E-state index in [-0.39, 0.29) is 6.42 Å². The molecule has 4 nitrogen and oxygen atoms in total. The quantitative estimate of drug-likeness (QED) is 0.870. The lowest BCUT2D eigenvalue weighted by Crippen LogP contribution is -2.49. The van der Waals surface area contributed by atoms with Gasteiger partial charge in [0, 0.05) is 12.1 Å². The lowest BCUT2D eigenvalue weighted by molar-refractivity contribution is -0.174. The number of rotatable bonds is 5. The van der Waals surface area contributed by atoms with Crippen molar-refractivity contribution in [1.82, 2.24) is 5.32 Å². The van der Waals surface area contributed by atoms with Crippen molar-refractivity contribution in [1.29, 1.82) is 0 Å². The van der Waals surface area contributed by atoms with E-state index in [4.69, 9.17) is 0 Å². The summed E-state index contributed by atoms with van der Waals surface area (Å²) in [7, 11) is 0. The Bertz CT molecular complexity index is 745. The van der Waals surface area contributed by atoms with Crippen LogP contribution in [0.2, 0.25) is 0 Å². The Balaban J connectivity index is 2.17. The number of hydrogen-bond acceptors (Lipinski definition) is 2. The van der Waals surface area contributed by atoms with Crippen molar-refractivity contribution in [2.75, 3.05) is 5.32 Å². The first-order chi connectivity index (χ1) is 11.8. The third kappa shape index (κ3) is 5.63. The number of aryl methyl sites for hydroxylation is 1. The molecule has 25 heavy (non-hydrogen) atoms. The van der Waals surface area contributed by atoms with Crippen LogP contribution in [-0.2, 0) is 16.0 Å². The van der Waals surface area contributed by atoms with Gasteiger partial charge in [-0.2, -0.15) is 13.2 Å². The topological polar surface area (TPSA) is 58.2 Å².